The van der Waals surface area contributed by atoms with Crippen molar-refractivity contribution in [3.63, 3.8) is 0 Å². The zero-order valence-corrected chi connectivity index (χ0v) is 16.8. The Hall–Kier alpha value is -1.99. The number of carbonyl (C=O) groups excluding carboxylic acids is 3. The predicted octanol–water partition coefficient (Wildman–Crippen LogP) is 2.28. The Bertz CT molecular complexity index is 746. The number of nitrogens with zero attached hydrogens (tertiary/aromatic N) is 1. The monoisotopic (exact) mass is 377 g/mol. The molecule has 27 heavy (non-hydrogen) atoms. The van der Waals surface area contributed by atoms with Crippen LogP contribution >= 0.6 is 0 Å². The number of esters is 1. The van der Waals surface area contributed by atoms with Crippen molar-refractivity contribution in [3.05, 3.63) is 23.0 Å². The van der Waals surface area contributed by atoms with E-state index in [4.69, 9.17) is 9.47 Å². The molecule has 1 fully saturated rings. The van der Waals surface area contributed by atoms with Crippen molar-refractivity contribution in [1.29, 1.82) is 0 Å². The summed E-state index contributed by atoms with van der Waals surface area (Å²) in [6.07, 6.45) is 2.39. The maximum absolute atomic E-state index is 13.3. The lowest BCUT2D eigenvalue weighted by molar-refractivity contribution is -0.744. The van der Waals surface area contributed by atoms with Gasteiger partial charge in [-0.15, -0.1) is 0 Å². The molecule has 7 heteroatoms. The number of fused-ring (bicyclic) bond motifs is 1. The fraction of sp³-hybridized carbons (Fsp3) is 0.650. The zero-order chi connectivity index (χ0) is 20.0. The van der Waals surface area contributed by atoms with E-state index in [-0.39, 0.29) is 34.3 Å². The summed E-state index contributed by atoms with van der Waals surface area (Å²) in [5.74, 6) is -0.575. The number of carbonyl (C=O) groups is 3. The molecule has 0 bridgehead atoms. The van der Waals surface area contributed by atoms with E-state index in [0.717, 1.165) is 13.0 Å². The highest BCUT2D eigenvalue weighted by atomic mass is 16.6. The molecule has 3 rings (SSSR count). The van der Waals surface area contributed by atoms with Crippen LogP contribution in [-0.2, 0) is 19.1 Å². The van der Waals surface area contributed by atoms with E-state index in [2.05, 4.69) is 5.32 Å². The number of amides is 1. The first kappa shape index (κ1) is 19.8. The maximum atomic E-state index is 13.3. The van der Waals surface area contributed by atoms with Gasteiger partial charge in [-0.25, -0.2) is 4.79 Å². The Balaban J connectivity index is 2.08. The summed E-state index contributed by atoms with van der Waals surface area (Å²) in [7, 11) is 1.68. The minimum absolute atomic E-state index is 0.0674. The molecule has 1 saturated heterocycles. The molecule has 0 spiro atoms. The summed E-state index contributed by atoms with van der Waals surface area (Å²) in [5.41, 5.74) is 0.525. The molecule has 3 atom stereocenters. The molecular formula is C20H29N2O5+. The lowest BCUT2D eigenvalue weighted by atomic mass is 9.87. The van der Waals surface area contributed by atoms with Crippen LogP contribution in [0.15, 0.2) is 23.0 Å². The smallest absolute Gasteiger partial charge is 0.462 e. The first-order valence-corrected chi connectivity index (χ1v) is 9.57. The van der Waals surface area contributed by atoms with Gasteiger partial charge in [-0.3, -0.25) is 4.79 Å². The molecule has 1 amide bonds. The molecule has 1 N–H and O–H groups in total. The van der Waals surface area contributed by atoms with Gasteiger partial charge in [0.15, 0.2) is 5.78 Å². The maximum Gasteiger partial charge on any atom is 0.526 e. The number of ether oxygens (including phenoxy) is 2. The summed E-state index contributed by atoms with van der Waals surface area (Å²) in [6.45, 7) is 8.71. The summed E-state index contributed by atoms with van der Waals surface area (Å²) >= 11 is 0. The molecule has 0 aromatic rings. The van der Waals surface area contributed by atoms with Crippen LogP contribution in [0.2, 0.25) is 0 Å². The Labute approximate surface area is 160 Å². The van der Waals surface area contributed by atoms with Crippen molar-refractivity contribution in [2.75, 3.05) is 26.7 Å². The van der Waals surface area contributed by atoms with Crippen LogP contribution in [-0.4, -0.2) is 54.7 Å². The second kappa shape index (κ2) is 6.87. The molecule has 0 radical (unpaired) electrons. The highest BCUT2D eigenvalue weighted by Gasteiger charge is 2.53. The van der Waals surface area contributed by atoms with Gasteiger partial charge in [0.05, 0.1) is 19.2 Å². The van der Waals surface area contributed by atoms with Crippen LogP contribution in [0.4, 0.5) is 4.79 Å². The zero-order valence-electron chi connectivity index (χ0n) is 16.8. The van der Waals surface area contributed by atoms with Gasteiger partial charge in [-0.2, -0.15) is 9.28 Å². The van der Waals surface area contributed by atoms with Crippen molar-refractivity contribution in [2.45, 2.75) is 46.1 Å². The standard InChI is InChI=1S/C20H29N2O5/c1-6-26-18(24)14-11-22(5,19(25)27-20(2,3)4)15-8-7-12-9-21-10-13(12)17(23)16(14)15/h11-13,21H,6-10H2,1-5H3/q+1. The van der Waals surface area contributed by atoms with Gasteiger partial charge in [0.25, 0.3) is 0 Å². The molecule has 3 unspecified atom stereocenters. The average molecular weight is 377 g/mol. The third-order valence-electron chi connectivity index (χ3n) is 5.45. The number of allylic oxidation sites excluding steroid dienone is 1. The summed E-state index contributed by atoms with van der Waals surface area (Å²) in [4.78, 5) is 38.9. The van der Waals surface area contributed by atoms with Gasteiger partial charge in [0, 0.05) is 18.9 Å². The van der Waals surface area contributed by atoms with Gasteiger partial charge >= 0.3 is 12.1 Å². The lowest BCUT2D eigenvalue weighted by Gasteiger charge is -2.29. The minimum Gasteiger partial charge on any atom is -0.462 e. The summed E-state index contributed by atoms with van der Waals surface area (Å²) in [6, 6.07) is 0. The SMILES string of the molecule is CCOC(=O)C1=C[N+](C)(C(=O)OC(C)(C)C)C2=C1C(=O)C1CNCC1CC2. The lowest BCUT2D eigenvalue weighted by Crippen LogP contribution is -2.45. The van der Waals surface area contributed by atoms with Crippen molar-refractivity contribution < 1.29 is 28.3 Å². The number of nitrogens with one attached hydrogen (secondary N) is 1. The second-order valence-electron chi connectivity index (χ2n) is 8.57. The molecule has 7 nitrogen and oxygen atoms in total. The minimum atomic E-state index is -0.672. The van der Waals surface area contributed by atoms with E-state index in [1.165, 1.54) is 6.20 Å². The first-order chi connectivity index (χ1) is 12.6. The van der Waals surface area contributed by atoms with Crippen molar-refractivity contribution in [1.82, 2.24) is 5.32 Å². The van der Waals surface area contributed by atoms with E-state index < -0.39 is 17.7 Å². The van der Waals surface area contributed by atoms with Gasteiger partial charge in [0.2, 0.25) is 0 Å². The van der Waals surface area contributed by atoms with E-state index in [0.29, 0.717) is 24.2 Å². The van der Waals surface area contributed by atoms with Crippen LogP contribution in [0.3, 0.4) is 0 Å². The summed E-state index contributed by atoms with van der Waals surface area (Å²) < 4.78 is 10.5. The van der Waals surface area contributed by atoms with E-state index in [1.54, 1.807) is 34.7 Å². The first-order valence-electron chi connectivity index (χ1n) is 9.57. The fourth-order valence-electron chi connectivity index (χ4n) is 4.15. The normalized spacial score (nSPS) is 30.4. The number of quaternary nitrogens is 1. The predicted molar refractivity (Wildman–Crippen MR) is 98.3 cm³/mol. The van der Waals surface area contributed by atoms with Crippen molar-refractivity contribution >= 4 is 17.8 Å². The van der Waals surface area contributed by atoms with Gasteiger partial charge in [-0.05, 0) is 46.6 Å². The molecule has 2 aliphatic heterocycles. The number of hydrogen-bond acceptors (Lipinski definition) is 6. The second-order valence-corrected chi connectivity index (χ2v) is 8.57. The Kier molecular flexibility index (Phi) is 5.03. The van der Waals surface area contributed by atoms with Crippen LogP contribution in [0, 0.1) is 11.8 Å². The number of hydrogen-bond donors (Lipinski definition) is 1. The number of rotatable bonds is 2. The van der Waals surface area contributed by atoms with Gasteiger partial charge in [-0.1, -0.05) is 0 Å². The molecule has 0 saturated carbocycles. The van der Waals surface area contributed by atoms with Crippen molar-refractivity contribution in [2.24, 2.45) is 11.8 Å². The quantitative estimate of drug-likeness (QED) is 0.587. The topological polar surface area (TPSA) is 81.7 Å². The summed E-state index contributed by atoms with van der Waals surface area (Å²) in [5, 5.41) is 3.27. The van der Waals surface area contributed by atoms with E-state index in [9.17, 15) is 14.4 Å². The molecular weight excluding hydrogens is 348 g/mol. The highest BCUT2D eigenvalue weighted by Crippen LogP contribution is 2.44. The largest absolute Gasteiger partial charge is 0.526 e. The number of Topliss-reactive ketones (excluding diaryl/α,β-unsaturated/α-hetero) is 1. The van der Waals surface area contributed by atoms with Crippen LogP contribution in [0.25, 0.3) is 0 Å². The third-order valence-corrected chi connectivity index (χ3v) is 5.45. The van der Waals surface area contributed by atoms with Gasteiger partial charge < -0.3 is 14.8 Å². The average Bonchev–Trinajstić information content (AvgIpc) is 3.11. The van der Waals surface area contributed by atoms with Gasteiger partial charge in [0.1, 0.15) is 23.1 Å². The molecule has 2 heterocycles. The van der Waals surface area contributed by atoms with Crippen LogP contribution in [0.5, 0.6) is 0 Å². The Morgan fingerprint density at radius 2 is 2.00 bits per heavy atom. The molecule has 3 aliphatic rings. The third kappa shape index (κ3) is 3.46. The molecule has 148 valence electrons. The molecule has 0 aromatic heterocycles. The Morgan fingerprint density at radius 1 is 1.30 bits per heavy atom. The fourth-order valence-corrected chi connectivity index (χ4v) is 4.15. The Morgan fingerprint density at radius 3 is 2.63 bits per heavy atom. The molecule has 1 aliphatic carbocycles. The van der Waals surface area contributed by atoms with E-state index >= 15 is 0 Å². The highest BCUT2D eigenvalue weighted by molar-refractivity contribution is 6.12. The van der Waals surface area contributed by atoms with Crippen molar-refractivity contribution in [3.8, 4) is 0 Å². The molecule has 0 aromatic carbocycles. The van der Waals surface area contributed by atoms with Crippen LogP contribution < -0.4 is 5.32 Å². The van der Waals surface area contributed by atoms with E-state index in [1.807, 2.05) is 0 Å². The van der Waals surface area contributed by atoms with Crippen LogP contribution in [0.1, 0.15) is 40.5 Å². The number of ketones is 1.